The summed E-state index contributed by atoms with van der Waals surface area (Å²) in [6, 6.07) is 7.07. The highest BCUT2D eigenvalue weighted by molar-refractivity contribution is 6.07. The fraction of sp³-hybridized carbons (Fsp3) is 0.471. The Hall–Kier alpha value is -2.57. The van der Waals surface area contributed by atoms with Gasteiger partial charge in [-0.15, -0.1) is 0 Å². The number of nitrogens with zero attached hydrogens (tertiary/aromatic N) is 1. The Morgan fingerprint density at radius 2 is 1.83 bits per heavy atom. The molecule has 2 saturated heterocycles. The lowest BCUT2D eigenvalue weighted by Crippen LogP contribution is -2.57. The summed E-state index contributed by atoms with van der Waals surface area (Å²) in [6.07, 6.45) is 0.218. The molecule has 2 aliphatic rings. The molecule has 0 aromatic heterocycles. The topological polar surface area (TPSA) is 87.7 Å². The van der Waals surface area contributed by atoms with Crippen LogP contribution in [0.1, 0.15) is 25.3 Å². The summed E-state index contributed by atoms with van der Waals surface area (Å²) >= 11 is 0. The van der Waals surface area contributed by atoms with Gasteiger partial charge in [0.25, 0.3) is 11.8 Å². The zero-order chi connectivity index (χ0) is 17.3. The quantitative estimate of drug-likeness (QED) is 0.808. The Balaban J connectivity index is 1.57. The minimum Gasteiger partial charge on any atom is -0.481 e. The van der Waals surface area contributed by atoms with E-state index < -0.39 is 17.7 Å². The SMILES string of the molecule is Cc1ccc(O[C@H](C)C(=O)N2CCC3(CC2)NC(=O)NC3=O)cc1. The van der Waals surface area contributed by atoms with Crippen molar-refractivity contribution in [3.05, 3.63) is 29.8 Å². The normalized spacial score (nSPS) is 20.5. The maximum Gasteiger partial charge on any atom is 0.322 e. The zero-order valence-electron chi connectivity index (χ0n) is 13.8. The van der Waals surface area contributed by atoms with Crippen molar-refractivity contribution in [1.82, 2.24) is 15.5 Å². The average molecular weight is 331 g/mol. The molecular weight excluding hydrogens is 310 g/mol. The average Bonchev–Trinajstić information content (AvgIpc) is 2.83. The Morgan fingerprint density at radius 3 is 2.38 bits per heavy atom. The van der Waals surface area contributed by atoms with E-state index in [2.05, 4.69) is 10.6 Å². The maximum atomic E-state index is 12.5. The number of likely N-dealkylation sites (tertiary alicyclic amines) is 1. The molecule has 1 aromatic carbocycles. The monoisotopic (exact) mass is 331 g/mol. The first kappa shape index (κ1) is 16.3. The molecular formula is C17H21N3O4. The summed E-state index contributed by atoms with van der Waals surface area (Å²) in [4.78, 5) is 37.5. The first-order valence-corrected chi connectivity index (χ1v) is 8.05. The number of rotatable bonds is 3. The van der Waals surface area contributed by atoms with E-state index in [1.54, 1.807) is 11.8 Å². The molecule has 1 atom stereocenters. The molecule has 1 spiro atoms. The van der Waals surface area contributed by atoms with E-state index in [1.165, 1.54) is 0 Å². The molecule has 2 N–H and O–H groups in total. The lowest BCUT2D eigenvalue weighted by atomic mass is 9.87. The molecule has 0 saturated carbocycles. The van der Waals surface area contributed by atoms with Crippen molar-refractivity contribution in [2.24, 2.45) is 0 Å². The summed E-state index contributed by atoms with van der Waals surface area (Å²) in [5.41, 5.74) is 0.258. The van der Waals surface area contributed by atoms with Gasteiger partial charge in [-0.2, -0.15) is 0 Å². The van der Waals surface area contributed by atoms with Gasteiger partial charge in [0.2, 0.25) is 0 Å². The lowest BCUT2D eigenvalue weighted by molar-refractivity contribution is -0.141. The first-order valence-electron chi connectivity index (χ1n) is 8.05. The summed E-state index contributed by atoms with van der Waals surface area (Å²) in [7, 11) is 0. The maximum absolute atomic E-state index is 12.5. The molecule has 2 heterocycles. The lowest BCUT2D eigenvalue weighted by Gasteiger charge is -2.37. The molecule has 0 radical (unpaired) electrons. The third-order valence-corrected chi connectivity index (χ3v) is 4.62. The number of nitrogens with one attached hydrogen (secondary N) is 2. The van der Waals surface area contributed by atoms with Crippen LogP contribution in [0.5, 0.6) is 5.75 Å². The summed E-state index contributed by atoms with van der Waals surface area (Å²) in [5.74, 6) is 0.232. The molecule has 0 aliphatic carbocycles. The fourth-order valence-corrected chi connectivity index (χ4v) is 3.12. The van der Waals surface area contributed by atoms with Crippen molar-refractivity contribution >= 4 is 17.8 Å². The fourth-order valence-electron chi connectivity index (χ4n) is 3.12. The number of imide groups is 1. The van der Waals surface area contributed by atoms with E-state index in [0.29, 0.717) is 31.7 Å². The van der Waals surface area contributed by atoms with Gasteiger partial charge >= 0.3 is 6.03 Å². The van der Waals surface area contributed by atoms with Gasteiger partial charge < -0.3 is 15.0 Å². The molecule has 7 nitrogen and oxygen atoms in total. The minimum absolute atomic E-state index is 0.116. The molecule has 2 fully saturated rings. The number of carbonyl (C=O) groups is 3. The van der Waals surface area contributed by atoms with Crippen LogP contribution in [0.3, 0.4) is 0 Å². The highest BCUT2D eigenvalue weighted by Gasteiger charge is 2.48. The van der Waals surface area contributed by atoms with E-state index in [1.807, 2.05) is 31.2 Å². The second kappa shape index (κ2) is 6.14. The molecule has 0 bridgehead atoms. The van der Waals surface area contributed by atoms with Gasteiger partial charge in [0.1, 0.15) is 11.3 Å². The molecule has 7 heteroatoms. The third kappa shape index (κ3) is 3.06. The number of aryl methyl sites for hydroxylation is 1. The number of piperidine rings is 1. The van der Waals surface area contributed by atoms with E-state index in [0.717, 1.165) is 5.56 Å². The number of amides is 4. The van der Waals surface area contributed by atoms with Crippen LogP contribution in [0.2, 0.25) is 0 Å². The van der Waals surface area contributed by atoms with Gasteiger partial charge in [0.05, 0.1) is 0 Å². The molecule has 1 aromatic rings. The van der Waals surface area contributed by atoms with Gasteiger partial charge in [-0.3, -0.25) is 14.9 Å². The number of hydrogen-bond acceptors (Lipinski definition) is 4. The summed E-state index contributed by atoms with van der Waals surface area (Å²) < 4.78 is 5.70. The minimum atomic E-state index is -0.866. The van der Waals surface area contributed by atoms with Crippen molar-refractivity contribution in [3.63, 3.8) is 0 Å². The van der Waals surface area contributed by atoms with Crippen LogP contribution in [0, 0.1) is 6.92 Å². The van der Waals surface area contributed by atoms with Crippen LogP contribution in [-0.4, -0.2) is 47.5 Å². The number of hydrogen-bond donors (Lipinski definition) is 2. The van der Waals surface area contributed by atoms with Gasteiger partial charge in [0.15, 0.2) is 6.10 Å². The second-order valence-corrected chi connectivity index (χ2v) is 6.39. The van der Waals surface area contributed by atoms with E-state index >= 15 is 0 Å². The molecule has 24 heavy (non-hydrogen) atoms. The molecule has 0 unspecified atom stereocenters. The number of ether oxygens (including phenoxy) is 1. The molecule has 128 valence electrons. The van der Waals surface area contributed by atoms with Gasteiger partial charge in [0, 0.05) is 13.1 Å². The van der Waals surface area contributed by atoms with E-state index in [-0.39, 0.29) is 11.8 Å². The number of urea groups is 1. The Morgan fingerprint density at radius 1 is 1.21 bits per heavy atom. The van der Waals surface area contributed by atoms with Crippen LogP contribution in [0.25, 0.3) is 0 Å². The summed E-state index contributed by atoms with van der Waals surface area (Å²) in [6.45, 7) is 4.53. The number of benzene rings is 1. The largest absolute Gasteiger partial charge is 0.481 e. The van der Waals surface area contributed by atoms with Gasteiger partial charge in [-0.25, -0.2) is 4.79 Å². The number of carbonyl (C=O) groups excluding carboxylic acids is 3. The van der Waals surface area contributed by atoms with E-state index in [4.69, 9.17) is 4.74 Å². The molecule has 3 rings (SSSR count). The highest BCUT2D eigenvalue weighted by Crippen LogP contribution is 2.26. The smallest absolute Gasteiger partial charge is 0.322 e. The van der Waals surface area contributed by atoms with Crippen LogP contribution in [0.15, 0.2) is 24.3 Å². The van der Waals surface area contributed by atoms with Crippen LogP contribution >= 0.6 is 0 Å². The first-order chi connectivity index (χ1) is 11.4. The Bertz CT molecular complexity index is 663. The van der Waals surface area contributed by atoms with Crippen LogP contribution in [-0.2, 0) is 9.59 Å². The van der Waals surface area contributed by atoms with Crippen molar-refractivity contribution in [3.8, 4) is 5.75 Å². The standard InChI is InChI=1S/C17H21N3O4/c1-11-3-5-13(6-4-11)24-12(2)14(21)20-9-7-17(8-10-20)15(22)18-16(23)19-17/h3-6,12H,7-10H2,1-2H3,(H2,18,19,22,23)/t12-/m1/s1. The van der Waals surface area contributed by atoms with Gasteiger partial charge in [-0.05, 0) is 38.8 Å². The van der Waals surface area contributed by atoms with Crippen molar-refractivity contribution < 1.29 is 19.1 Å². The van der Waals surface area contributed by atoms with Crippen molar-refractivity contribution in [1.29, 1.82) is 0 Å². The predicted octanol–water partition coefficient (Wildman–Crippen LogP) is 0.963. The third-order valence-electron chi connectivity index (χ3n) is 4.62. The highest BCUT2D eigenvalue weighted by atomic mass is 16.5. The van der Waals surface area contributed by atoms with Crippen molar-refractivity contribution in [2.45, 2.75) is 38.3 Å². The Labute approximate surface area is 140 Å². The van der Waals surface area contributed by atoms with Crippen molar-refractivity contribution in [2.75, 3.05) is 13.1 Å². The molecule has 4 amide bonds. The van der Waals surface area contributed by atoms with E-state index in [9.17, 15) is 14.4 Å². The molecule has 2 aliphatic heterocycles. The Kier molecular flexibility index (Phi) is 4.17. The van der Waals surface area contributed by atoms with Crippen LogP contribution in [0.4, 0.5) is 4.79 Å². The summed E-state index contributed by atoms with van der Waals surface area (Å²) in [5, 5.41) is 4.95. The van der Waals surface area contributed by atoms with Crippen LogP contribution < -0.4 is 15.4 Å². The van der Waals surface area contributed by atoms with Gasteiger partial charge in [-0.1, -0.05) is 17.7 Å². The predicted molar refractivity (Wildman–Crippen MR) is 86.5 cm³/mol. The zero-order valence-corrected chi connectivity index (χ0v) is 13.8. The second-order valence-electron chi connectivity index (χ2n) is 6.39.